The van der Waals surface area contributed by atoms with Gasteiger partial charge in [0.05, 0.1) is 35.4 Å². The van der Waals surface area contributed by atoms with Crippen LogP contribution in [0.25, 0.3) is 10.2 Å². The van der Waals surface area contributed by atoms with E-state index in [1.165, 1.54) is 23.1 Å². The van der Waals surface area contributed by atoms with Gasteiger partial charge in [-0.3, -0.25) is 9.69 Å². The molecule has 0 aliphatic carbocycles. The molecule has 2 aromatic heterocycles. The largest absolute Gasteiger partial charge is 0.494 e. The zero-order chi connectivity index (χ0) is 20.2. The number of anilines is 1. The number of halogens is 1. The van der Waals surface area contributed by atoms with Gasteiger partial charge < -0.3 is 9.15 Å². The van der Waals surface area contributed by atoms with Gasteiger partial charge in [0, 0.05) is 4.90 Å². The number of rotatable bonds is 7. The minimum Gasteiger partial charge on any atom is -0.494 e. The maximum atomic E-state index is 13.1. The van der Waals surface area contributed by atoms with Crippen LogP contribution in [0.2, 0.25) is 5.02 Å². The summed E-state index contributed by atoms with van der Waals surface area (Å²) in [5, 5.41) is 1.13. The molecule has 0 aliphatic heterocycles. The number of ether oxygens (including phenoxy) is 1. The number of thiazole rings is 1. The van der Waals surface area contributed by atoms with Gasteiger partial charge >= 0.3 is 0 Å². The Hall–Kier alpha value is -2.48. The number of carbonyl (C=O) groups excluding carboxylic acids is 1. The van der Waals surface area contributed by atoms with Crippen LogP contribution in [0.5, 0.6) is 5.75 Å². The summed E-state index contributed by atoms with van der Waals surface area (Å²) in [6.07, 6.45) is 1.59. The molecule has 148 valence electrons. The van der Waals surface area contributed by atoms with E-state index in [-0.39, 0.29) is 11.7 Å². The summed E-state index contributed by atoms with van der Waals surface area (Å²) in [5.74, 6) is 1.52. The van der Waals surface area contributed by atoms with E-state index in [4.69, 9.17) is 20.8 Å². The molecule has 0 N–H and O–H groups in total. The summed E-state index contributed by atoms with van der Waals surface area (Å²) in [5.41, 5.74) is 0.646. The minimum atomic E-state index is -0.0654. The molecule has 5 nitrogen and oxygen atoms in total. The molecule has 4 rings (SSSR count). The SMILES string of the molecule is COc1ccc(Cl)c2sc(N(Cc3ccco3)C(=O)CSc3ccccc3)nc12. The lowest BCUT2D eigenvalue weighted by atomic mass is 10.3. The lowest BCUT2D eigenvalue weighted by Crippen LogP contribution is -2.31. The highest BCUT2D eigenvalue weighted by atomic mass is 35.5. The second-order valence-electron chi connectivity index (χ2n) is 6.08. The highest BCUT2D eigenvalue weighted by Crippen LogP contribution is 2.39. The van der Waals surface area contributed by atoms with Gasteiger partial charge in [-0.2, -0.15) is 0 Å². The number of benzene rings is 2. The Morgan fingerprint density at radius 2 is 2.03 bits per heavy atom. The van der Waals surface area contributed by atoms with Crippen molar-refractivity contribution in [3.63, 3.8) is 0 Å². The number of amides is 1. The molecule has 29 heavy (non-hydrogen) atoms. The Morgan fingerprint density at radius 3 is 2.76 bits per heavy atom. The van der Waals surface area contributed by atoms with E-state index in [0.29, 0.717) is 33.7 Å². The Bertz CT molecular complexity index is 1110. The third-order valence-electron chi connectivity index (χ3n) is 4.20. The number of carbonyl (C=O) groups is 1. The fourth-order valence-electron chi connectivity index (χ4n) is 2.78. The molecule has 2 aromatic carbocycles. The fraction of sp³-hybridized carbons (Fsp3) is 0.143. The van der Waals surface area contributed by atoms with Crippen LogP contribution in [0.1, 0.15) is 5.76 Å². The van der Waals surface area contributed by atoms with Gasteiger partial charge in [-0.1, -0.05) is 41.1 Å². The van der Waals surface area contributed by atoms with E-state index in [1.807, 2.05) is 36.4 Å². The van der Waals surface area contributed by atoms with Crippen molar-refractivity contribution in [2.75, 3.05) is 17.8 Å². The molecule has 0 aliphatic rings. The van der Waals surface area contributed by atoms with Crippen LogP contribution in [0.3, 0.4) is 0 Å². The summed E-state index contributed by atoms with van der Waals surface area (Å²) in [4.78, 5) is 20.5. The third kappa shape index (κ3) is 4.42. The second-order valence-corrected chi connectivity index (χ2v) is 8.52. The minimum absolute atomic E-state index is 0.0654. The van der Waals surface area contributed by atoms with Crippen LogP contribution in [0.15, 0.2) is 70.2 Å². The third-order valence-corrected chi connectivity index (χ3v) is 6.73. The van der Waals surface area contributed by atoms with Crippen LogP contribution in [-0.2, 0) is 11.3 Å². The maximum Gasteiger partial charge on any atom is 0.239 e. The summed E-state index contributed by atoms with van der Waals surface area (Å²) in [7, 11) is 1.59. The molecule has 0 unspecified atom stereocenters. The molecular weight excluding hydrogens is 428 g/mol. The maximum absolute atomic E-state index is 13.1. The molecule has 2 heterocycles. The van der Waals surface area contributed by atoms with Gasteiger partial charge in [0.25, 0.3) is 0 Å². The van der Waals surface area contributed by atoms with E-state index >= 15 is 0 Å². The van der Waals surface area contributed by atoms with Crippen LogP contribution in [0, 0.1) is 0 Å². The molecule has 0 atom stereocenters. The number of furan rings is 1. The quantitative estimate of drug-likeness (QED) is 0.333. The first-order valence-corrected chi connectivity index (χ1v) is 11.0. The first-order chi connectivity index (χ1) is 14.2. The van der Waals surface area contributed by atoms with Crippen LogP contribution < -0.4 is 9.64 Å². The topological polar surface area (TPSA) is 55.6 Å². The van der Waals surface area contributed by atoms with Crippen molar-refractivity contribution >= 4 is 56.0 Å². The van der Waals surface area contributed by atoms with E-state index < -0.39 is 0 Å². The second kappa shape index (κ2) is 8.90. The summed E-state index contributed by atoms with van der Waals surface area (Å²) < 4.78 is 11.7. The Balaban J connectivity index is 1.66. The summed E-state index contributed by atoms with van der Waals surface area (Å²) >= 11 is 9.21. The number of aromatic nitrogens is 1. The number of fused-ring (bicyclic) bond motifs is 1. The molecule has 0 spiro atoms. The van der Waals surface area contributed by atoms with Gasteiger partial charge in [0.2, 0.25) is 5.91 Å². The molecule has 0 saturated heterocycles. The lowest BCUT2D eigenvalue weighted by Gasteiger charge is -2.18. The standard InChI is InChI=1S/C21H17ClN2O3S2/c1-26-17-10-9-16(22)20-19(17)23-21(29-20)24(12-14-6-5-11-27-14)18(25)13-28-15-7-3-2-4-8-15/h2-11H,12-13H2,1H3. The Labute approximate surface area is 181 Å². The van der Waals surface area contributed by atoms with Gasteiger partial charge in [-0.15, -0.1) is 11.8 Å². The molecule has 4 aromatic rings. The normalized spacial score (nSPS) is 11.0. The zero-order valence-corrected chi connectivity index (χ0v) is 17.9. The average molecular weight is 445 g/mol. The van der Waals surface area contributed by atoms with Crippen molar-refractivity contribution in [3.05, 3.63) is 71.6 Å². The number of methoxy groups -OCH3 is 1. The number of hydrogen-bond donors (Lipinski definition) is 0. The van der Waals surface area contributed by atoms with Gasteiger partial charge in [-0.05, 0) is 36.4 Å². The van der Waals surface area contributed by atoms with E-state index in [9.17, 15) is 4.79 Å². The molecule has 0 saturated carbocycles. The number of hydrogen-bond acceptors (Lipinski definition) is 6. The van der Waals surface area contributed by atoms with Crippen molar-refractivity contribution in [2.24, 2.45) is 0 Å². The predicted octanol–water partition coefficient (Wildman–Crippen LogP) is 5.88. The van der Waals surface area contributed by atoms with Crippen molar-refractivity contribution in [3.8, 4) is 5.75 Å². The number of nitrogens with zero attached hydrogens (tertiary/aromatic N) is 2. The first kappa shape index (κ1) is 19.8. The Kier molecular flexibility index (Phi) is 6.08. The molecule has 8 heteroatoms. The van der Waals surface area contributed by atoms with Crippen LogP contribution >= 0.6 is 34.7 Å². The van der Waals surface area contributed by atoms with E-state index in [1.54, 1.807) is 36.5 Å². The monoisotopic (exact) mass is 444 g/mol. The molecular formula is C21H17ClN2O3S2. The van der Waals surface area contributed by atoms with Gasteiger partial charge in [0.15, 0.2) is 5.13 Å². The first-order valence-electron chi connectivity index (χ1n) is 8.79. The van der Waals surface area contributed by atoms with Crippen LogP contribution in [-0.4, -0.2) is 23.8 Å². The summed E-state index contributed by atoms with van der Waals surface area (Å²) in [6.45, 7) is 0.293. The highest BCUT2D eigenvalue weighted by Gasteiger charge is 2.23. The van der Waals surface area contributed by atoms with Gasteiger partial charge in [0.1, 0.15) is 17.0 Å². The lowest BCUT2D eigenvalue weighted by molar-refractivity contribution is -0.116. The zero-order valence-electron chi connectivity index (χ0n) is 15.5. The molecule has 1 amide bonds. The van der Waals surface area contributed by atoms with Crippen molar-refractivity contribution in [1.82, 2.24) is 4.98 Å². The van der Waals surface area contributed by atoms with E-state index in [0.717, 1.165) is 9.60 Å². The predicted molar refractivity (Wildman–Crippen MR) is 118 cm³/mol. The Morgan fingerprint density at radius 1 is 1.21 bits per heavy atom. The number of thioether (sulfide) groups is 1. The average Bonchev–Trinajstić information content (AvgIpc) is 3.42. The fourth-order valence-corrected chi connectivity index (χ4v) is 4.85. The van der Waals surface area contributed by atoms with Crippen LogP contribution in [0.4, 0.5) is 5.13 Å². The molecule has 0 bridgehead atoms. The highest BCUT2D eigenvalue weighted by molar-refractivity contribution is 8.00. The van der Waals surface area contributed by atoms with Crippen molar-refractivity contribution in [1.29, 1.82) is 0 Å². The van der Waals surface area contributed by atoms with E-state index in [2.05, 4.69) is 4.98 Å². The van der Waals surface area contributed by atoms with Crippen molar-refractivity contribution < 1.29 is 13.9 Å². The van der Waals surface area contributed by atoms with Gasteiger partial charge in [-0.25, -0.2) is 4.98 Å². The molecule has 0 radical (unpaired) electrons. The smallest absolute Gasteiger partial charge is 0.239 e. The van der Waals surface area contributed by atoms with Crippen molar-refractivity contribution in [2.45, 2.75) is 11.4 Å². The summed E-state index contributed by atoms with van der Waals surface area (Å²) in [6, 6.07) is 17.0. The molecule has 0 fully saturated rings.